The lowest BCUT2D eigenvalue weighted by molar-refractivity contribution is -0.116. The van der Waals surface area contributed by atoms with Crippen LogP contribution in [-0.4, -0.2) is 27.4 Å². The summed E-state index contributed by atoms with van der Waals surface area (Å²) in [7, 11) is -3.63. The van der Waals surface area contributed by atoms with Crippen LogP contribution in [-0.2, 0) is 14.8 Å². The molecule has 2 rings (SSSR count). The average Bonchev–Trinajstić information content (AvgIpc) is 2.59. The Labute approximate surface area is 141 Å². The Kier molecular flexibility index (Phi) is 5.68. The minimum atomic E-state index is -3.63. The predicted molar refractivity (Wildman–Crippen MR) is 90.8 cm³/mol. The van der Waals surface area contributed by atoms with Gasteiger partial charge in [0.25, 0.3) is 0 Å². The monoisotopic (exact) mass is 343 g/mol. The number of rotatable bonds is 6. The van der Waals surface area contributed by atoms with Crippen LogP contribution < -0.4 is 9.62 Å². The van der Waals surface area contributed by atoms with E-state index in [1.165, 1.54) is 24.0 Å². The molecule has 24 heavy (non-hydrogen) atoms. The number of sulfonamides is 1. The smallest absolute Gasteiger partial charge is 0.240 e. The molecule has 124 valence electrons. The summed E-state index contributed by atoms with van der Waals surface area (Å²) in [6, 6.07) is 16.7. The highest BCUT2D eigenvalue weighted by molar-refractivity contribution is 7.89. The lowest BCUT2D eigenvalue weighted by Gasteiger charge is -2.22. The van der Waals surface area contributed by atoms with E-state index in [0.29, 0.717) is 11.3 Å². The molecule has 0 saturated carbocycles. The van der Waals surface area contributed by atoms with Crippen molar-refractivity contribution in [3.8, 4) is 6.07 Å². The Morgan fingerprint density at radius 3 is 2.38 bits per heavy atom. The summed E-state index contributed by atoms with van der Waals surface area (Å²) in [6.07, 6.45) is 0. The van der Waals surface area contributed by atoms with Crippen LogP contribution in [0.5, 0.6) is 0 Å². The van der Waals surface area contributed by atoms with Gasteiger partial charge in [-0.2, -0.15) is 5.26 Å². The summed E-state index contributed by atoms with van der Waals surface area (Å²) in [6.45, 7) is 1.54. The zero-order valence-electron chi connectivity index (χ0n) is 13.1. The molecule has 0 aliphatic rings. The number of benzene rings is 2. The van der Waals surface area contributed by atoms with Crippen molar-refractivity contribution in [3.05, 3.63) is 60.2 Å². The molecule has 2 aromatic carbocycles. The first-order valence-electron chi connectivity index (χ1n) is 7.27. The summed E-state index contributed by atoms with van der Waals surface area (Å²) in [5, 5.41) is 9.15. The second kappa shape index (κ2) is 7.73. The van der Waals surface area contributed by atoms with Gasteiger partial charge < -0.3 is 4.90 Å². The molecule has 0 atom stereocenters. The maximum absolute atomic E-state index is 12.2. The second-order valence-electron chi connectivity index (χ2n) is 5.01. The molecule has 1 amide bonds. The number of carbonyl (C=O) groups is 1. The van der Waals surface area contributed by atoms with Gasteiger partial charge in [-0.15, -0.1) is 0 Å². The van der Waals surface area contributed by atoms with E-state index in [4.69, 9.17) is 5.26 Å². The Hall–Kier alpha value is -2.69. The third-order valence-electron chi connectivity index (χ3n) is 3.38. The van der Waals surface area contributed by atoms with Gasteiger partial charge in [0.15, 0.2) is 0 Å². The van der Waals surface area contributed by atoms with E-state index in [1.54, 1.807) is 42.5 Å². The normalized spacial score (nSPS) is 10.8. The number of amides is 1. The Morgan fingerprint density at radius 2 is 1.75 bits per heavy atom. The molecule has 0 spiro atoms. The van der Waals surface area contributed by atoms with E-state index < -0.39 is 10.0 Å². The molecule has 0 aromatic heterocycles. The standard InChI is InChI=1S/C17H17N3O3S/c1-14(21)20(17-10-6-5-7-15(17)13-18)12-11-19-24(22,23)16-8-3-2-4-9-16/h2-10,19H,11-12H2,1H3. The molecule has 7 heteroatoms. The van der Waals surface area contributed by atoms with Gasteiger partial charge in [0.1, 0.15) is 6.07 Å². The van der Waals surface area contributed by atoms with E-state index >= 15 is 0 Å². The van der Waals surface area contributed by atoms with Gasteiger partial charge >= 0.3 is 0 Å². The van der Waals surface area contributed by atoms with E-state index in [2.05, 4.69) is 4.72 Å². The summed E-state index contributed by atoms with van der Waals surface area (Å²) in [5.41, 5.74) is 0.824. The predicted octanol–water partition coefficient (Wildman–Crippen LogP) is 1.89. The highest BCUT2D eigenvalue weighted by Crippen LogP contribution is 2.19. The van der Waals surface area contributed by atoms with Gasteiger partial charge in [0.05, 0.1) is 16.1 Å². The number of nitrogens with one attached hydrogen (secondary N) is 1. The molecule has 0 radical (unpaired) electrons. The first-order valence-corrected chi connectivity index (χ1v) is 8.76. The Balaban J connectivity index is 2.11. The topological polar surface area (TPSA) is 90.3 Å². The van der Waals surface area contributed by atoms with Crippen molar-refractivity contribution < 1.29 is 13.2 Å². The zero-order chi connectivity index (χ0) is 17.6. The molecule has 0 bridgehead atoms. The van der Waals surface area contributed by atoms with Gasteiger partial charge in [-0.3, -0.25) is 4.79 Å². The zero-order valence-corrected chi connectivity index (χ0v) is 14.0. The second-order valence-corrected chi connectivity index (χ2v) is 6.78. The van der Waals surface area contributed by atoms with Gasteiger partial charge in [0.2, 0.25) is 15.9 Å². The van der Waals surface area contributed by atoms with E-state index in [1.807, 2.05) is 6.07 Å². The maximum atomic E-state index is 12.2. The SMILES string of the molecule is CC(=O)N(CCNS(=O)(=O)c1ccccc1)c1ccccc1C#N. The van der Waals surface area contributed by atoms with Crippen LogP contribution in [0.1, 0.15) is 12.5 Å². The fourth-order valence-corrected chi connectivity index (χ4v) is 3.27. The summed E-state index contributed by atoms with van der Waals surface area (Å²) < 4.78 is 26.8. The number of para-hydroxylation sites is 1. The van der Waals surface area contributed by atoms with E-state index in [9.17, 15) is 13.2 Å². The van der Waals surface area contributed by atoms with Gasteiger partial charge in [-0.1, -0.05) is 30.3 Å². The van der Waals surface area contributed by atoms with Crippen LogP contribution in [0.2, 0.25) is 0 Å². The molecule has 0 unspecified atom stereocenters. The molecule has 6 nitrogen and oxygen atoms in total. The molecule has 0 heterocycles. The summed E-state index contributed by atoms with van der Waals surface area (Å²) in [5.74, 6) is -0.267. The fraction of sp³-hybridized carbons (Fsp3) is 0.176. The van der Waals surface area contributed by atoms with Crippen molar-refractivity contribution in [1.82, 2.24) is 4.72 Å². The van der Waals surface area contributed by atoms with Crippen LogP contribution in [0.15, 0.2) is 59.5 Å². The van der Waals surface area contributed by atoms with Crippen LogP contribution in [0, 0.1) is 11.3 Å². The lowest BCUT2D eigenvalue weighted by Crippen LogP contribution is -2.37. The van der Waals surface area contributed by atoms with Crippen LogP contribution >= 0.6 is 0 Å². The first-order chi connectivity index (χ1) is 11.5. The molecule has 1 N–H and O–H groups in total. The van der Waals surface area contributed by atoms with Crippen LogP contribution in [0.25, 0.3) is 0 Å². The first kappa shape index (κ1) is 17.7. The number of nitrogens with zero attached hydrogens (tertiary/aromatic N) is 2. The summed E-state index contributed by atoms with van der Waals surface area (Å²) in [4.78, 5) is 13.4. The molecule has 0 fully saturated rings. The van der Waals surface area contributed by atoms with E-state index in [-0.39, 0.29) is 23.9 Å². The number of hydrogen-bond acceptors (Lipinski definition) is 4. The lowest BCUT2D eigenvalue weighted by atomic mass is 10.1. The molecule has 0 aliphatic heterocycles. The van der Waals surface area contributed by atoms with Gasteiger partial charge in [0, 0.05) is 20.0 Å². The number of anilines is 1. The minimum Gasteiger partial charge on any atom is -0.310 e. The number of nitriles is 1. The molecule has 0 saturated heterocycles. The van der Waals surface area contributed by atoms with E-state index in [0.717, 1.165) is 0 Å². The average molecular weight is 343 g/mol. The number of carbonyl (C=O) groups excluding carboxylic acids is 1. The molecular weight excluding hydrogens is 326 g/mol. The summed E-state index contributed by atoms with van der Waals surface area (Å²) >= 11 is 0. The molecule has 2 aromatic rings. The molecule has 0 aliphatic carbocycles. The van der Waals surface area contributed by atoms with Crippen molar-refractivity contribution in [2.24, 2.45) is 0 Å². The maximum Gasteiger partial charge on any atom is 0.240 e. The third kappa shape index (κ3) is 4.19. The largest absolute Gasteiger partial charge is 0.310 e. The van der Waals surface area contributed by atoms with Crippen molar-refractivity contribution in [2.45, 2.75) is 11.8 Å². The third-order valence-corrected chi connectivity index (χ3v) is 4.85. The Morgan fingerprint density at radius 1 is 1.12 bits per heavy atom. The number of hydrogen-bond donors (Lipinski definition) is 1. The van der Waals surface area contributed by atoms with Crippen molar-refractivity contribution >= 4 is 21.6 Å². The van der Waals surface area contributed by atoms with Crippen molar-refractivity contribution in [1.29, 1.82) is 5.26 Å². The van der Waals surface area contributed by atoms with Gasteiger partial charge in [-0.25, -0.2) is 13.1 Å². The van der Waals surface area contributed by atoms with Gasteiger partial charge in [-0.05, 0) is 24.3 Å². The highest BCUT2D eigenvalue weighted by Gasteiger charge is 2.17. The minimum absolute atomic E-state index is 0.0383. The Bertz CT molecular complexity index is 858. The van der Waals surface area contributed by atoms with Crippen molar-refractivity contribution in [2.75, 3.05) is 18.0 Å². The van der Waals surface area contributed by atoms with Crippen molar-refractivity contribution in [3.63, 3.8) is 0 Å². The molecular formula is C17H17N3O3S. The fourth-order valence-electron chi connectivity index (χ4n) is 2.23. The van der Waals surface area contributed by atoms with Crippen LogP contribution in [0.3, 0.4) is 0 Å². The highest BCUT2D eigenvalue weighted by atomic mass is 32.2. The quantitative estimate of drug-likeness (QED) is 0.867. The van der Waals surface area contributed by atoms with Crippen LogP contribution in [0.4, 0.5) is 5.69 Å².